The van der Waals surface area contributed by atoms with Gasteiger partial charge in [0.1, 0.15) is 0 Å². The largest absolute Gasteiger partial charge is 0.476 e. The molecular formula is C14H16ClN3O2. The van der Waals surface area contributed by atoms with E-state index in [0.29, 0.717) is 10.7 Å². The quantitative estimate of drug-likeness (QED) is 0.923. The third-order valence-electron chi connectivity index (χ3n) is 2.98. The molecular weight excluding hydrogens is 278 g/mol. The van der Waals surface area contributed by atoms with Crippen LogP contribution in [0.1, 0.15) is 42.5 Å². The van der Waals surface area contributed by atoms with Crippen molar-refractivity contribution in [2.24, 2.45) is 0 Å². The first-order valence-electron chi connectivity index (χ1n) is 6.18. The average molecular weight is 294 g/mol. The minimum atomic E-state index is -1.08. The summed E-state index contributed by atoms with van der Waals surface area (Å²) in [5, 5.41) is 17.6. The van der Waals surface area contributed by atoms with Crippen LogP contribution >= 0.6 is 11.6 Å². The third kappa shape index (κ3) is 2.54. The van der Waals surface area contributed by atoms with E-state index in [0.717, 1.165) is 11.3 Å². The second kappa shape index (κ2) is 4.90. The van der Waals surface area contributed by atoms with E-state index >= 15 is 0 Å². The van der Waals surface area contributed by atoms with Crippen LogP contribution in [0, 0.1) is 6.92 Å². The van der Waals surface area contributed by atoms with Crippen LogP contribution in [0.25, 0.3) is 5.69 Å². The van der Waals surface area contributed by atoms with Gasteiger partial charge in [-0.05, 0) is 24.6 Å². The molecule has 0 spiro atoms. The summed E-state index contributed by atoms with van der Waals surface area (Å²) in [5.41, 5.74) is 1.79. The van der Waals surface area contributed by atoms with Crippen LogP contribution in [0.2, 0.25) is 5.02 Å². The maximum Gasteiger partial charge on any atom is 0.358 e. The molecule has 2 aromatic rings. The zero-order valence-electron chi connectivity index (χ0n) is 11.8. The fraction of sp³-hybridized carbons (Fsp3) is 0.357. The maximum atomic E-state index is 11.3. The number of carboxylic acids is 1. The van der Waals surface area contributed by atoms with E-state index < -0.39 is 11.4 Å². The zero-order valence-corrected chi connectivity index (χ0v) is 12.6. The van der Waals surface area contributed by atoms with Crippen molar-refractivity contribution < 1.29 is 9.90 Å². The molecule has 0 unspecified atom stereocenters. The molecule has 0 radical (unpaired) electrons. The second-order valence-electron chi connectivity index (χ2n) is 5.68. The summed E-state index contributed by atoms with van der Waals surface area (Å²) in [7, 11) is 0. The van der Waals surface area contributed by atoms with E-state index in [9.17, 15) is 9.90 Å². The van der Waals surface area contributed by atoms with Gasteiger partial charge in [-0.15, -0.1) is 5.10 Å². The molecule has 0 saturated carbocycles. The lowest BCUT2D eigenvalue weighted by atomic mass is 9.90. The first-order chi connectivity index (χ1) is 9.21. The van der Waals surface area contributed by atoms with E-state index in [-0.39, 0.29) is 5.69 Å². The normalized spacial score (nSPS) is 11.7. The van der Waals surface area contributed by atoms with Gasteiger partial charge < -0.3 is 5.11 Å². The van der Waals surface area contributed by atoms with Gasteiger partial charge in [-0.25, -0.2) is 9.48 Å². The number of halogens is 1. The Hall–Kier alpha value is -1.88. The van der Waals surface area contributed by atoms with Crippen LogP contribution in [-0.4, -0.2) is 26.1 Å². The van der Waals surface area contributed by atoms with E-state index in [2.05, 4.69) is 10.3 Å². The van der Waals surface area contributed by atoms with Crippen molar-refractivity contribution in [3.05, 3.63) is 40.2 Å². The summed E-state index contributed by atoms with van der Waals surface area (Å²) in [4.78, 5) is 11.3. The van der Waals surface area contributed by atoms with Crippen molar-refractivity contribution in [1.29, 1.82) is 0 Å². The molecule has 20 heavy (non-hydrogen) atoms. The number of hydrogen-bond donors (Lipinski definition) is 1. The van der Waals surface area contributed by atoms with Gasteiger partial charge in [0.2, 0.25) is 0 Å². The fourth-order valence-corrected chi connectivity index (χ4v) is 2.24. The first-order valence-corrected chi connectivity index (χ1v) is 6.55. The van der Waals surface area contributed by atoms with Gasteiger partial charge in [0.25, 0.3) is 0 Å². The Morgan fingerprint density at radius 2 is 2.00 bits per heavy atom. The molecule has 0 aliphatic heterocycles. The lowest BCUT2D eigenvalue weighted by Gasteiger charge is -2.21. The Morgan fingerprint density at radius 1 is 1.35 bits per heavy atom. The summed E-state index contributed by atoms with van der Waals surface area (Å²) < 4.78 is 1.56. The monoisotopic (exact) mass is 293 g/mol. The van der Waals surface area contributed by atoms with Gasteiger partial charge in [0.15, 0.2) is 5.69 Å². The van der Waals surface area contributed by atoms with Gasteiger partial charge in [-0.2, -0.15) is 0 Å². The molecule has 0 amide bonds. The number of benzene rings is 1. The Balaban J connectivity index is 2.75. The van der Waals surface area contributed by atoms with Crippen molar-refractivity contribution in [2.45, 2.75) is 33.1 Å². The number of aryl methyl sites for hydroxylation is 1. The highest BCUT2D eigenvalue weighted by molar-refractivity contribution is 6.30. The Labute approximate surface area is 122 Å². The number of hydrogen-bond acceptors (Lipinski definition) is 3. The van der Waals surface area contributed by atoms with Crippen molar-refractivity contribution >= 4 is 17.6 Å². The molecule has 0 aliphatic rings. The topological polar surface area (TPSA) is 68.0 Å². The Kier molecular flexibility index (Phi) is 3.56. The predicted molar refractivity (Wildman–Crippen MR) is 76.8 cm³/mol. The number of carboxylic acid groups (broad SMARTS) is 1. The summed E-state index contributed by atoms with van der Waals surface area (Å²) in [6, 6.07) is 5.41. The molecule has 1 N–H and O–H groups in total. The summed E-state index contributed by atoms with van der Waals surface area (Å²) in [6.45, 7) is 7.69. The van der Waals surface area contributed by atoms with Crippen LogP contribution in [0.15, 0.2) is 18.2 Å². The lowest BCUT2D eigenvalue weighted by molar-refractivity contribution is 0.0687. The Bertz CT molecular complexity index is 672. The van der Waals surface area contributed by atoms with E-state index in [4.69, 9.17) is 11.6 Å². The molecule has 5 nitrogen and oxygen atoms in total. The molecule has 106 valence electrons. The minimum Gasteiger partial charge on any atom is -0.476 e. The lowest BCUT2D eigenvalue weighted by Crippen LogP contribution is -2.21. The molecule has 0 atom stereocenters. The smallest absolute Gasteiger partial charge is 0.358 e. The molecule has 1 aromatic carbocycles. The summed E-state index contributed by atoms with van der Waals surface area (Å²) in [5.74, 6) is -1.08. The average Bonchev–Trinajstić information content (AvgIpc) is 2.76. The van der Waals surface area contributed by atoms with Crippen LogP contribution in [0.3, 0.4) is 0 Å². The van der Waals surface area contributed by atoms with E-state index in [1.54, 1.807) is 16.8 Å². The van der Waals surface area contributed by atoms with Crippen molar-refractivity contribution in [1.82, 2.24) is 15.0 Å². The molecule has 0 aliphatic carbocycles. The van der Waals surface area contributed by atoms with Gasteiger partial charge in [0.05, 0.1) is 11.4 Å². The number of nitrogens with zero attached hydrogens (tertiary/aromatic N) is 3. The van der Waals surface area contributed by atoms with Crippen molar-refractivity contribution in [3.63, 3.8) is 0 Å². The molecule has 0 saturated heterocycles. The molecule has 0 bridgehead atoms. The zero-order chi connectivity index (χ0) is 15.1. The SMILES string of the molecule is Cc1ccc(Cl)cc1-n1nnc(C(=O)O)c1C(C)(C)C. The van der Waals surface area contributed by atoms with Gasteiger partial charge in [-0.1, -0.05) is 43.7 Å². The first kappa shape index (κ1) is 14.5. The van der Waals surface area contributed by atoms with E-state index in [1.165, 1.54) is 0 Å². The molecule has 1 heterocycles. The fourth-order valence-electron chi connectivity index (χ4n) is 2.08. The number of carbonyl (C=O) groups is 1. The number of aromatic carboxylic acids is 1. The van der Waals surface area contributed by atoms with Crippen LogP contribution in [-0.2, 0) is 5.41 Å². The van der Waals surface area contributed by atoms with Crippen LogP contribution in [0.4, 0.5) is 0 Å². The summed E-state index contributed by atoms with van der Waals surface area (Å²) >= 11 is 6.02. The highest BCUT2D eigenvalue weighted by Gasteiger charge is 2.30. The predicted octanol–water partition coefficient (Wildman–Crippen LogP) is 3.22. The van der Waals surface area contributed by atoms with Crippen LogP contribution < -0.4 is 0 Å². The van der Waals surface area contributed by atoms with Gasteiger partial charge in [-0.3, -0.25) is 0 Å². The van der Waals surface area contributed by atoms with Gasteiger partial charge in [0, 0.05) is 10.4 Å². The summed E-state index contributed by atoms with van der Waals surface area (Å²) in [6.07, 6.45) is 0. The van der Waals surface area contributed by atoms with Crippen molar-refractivity contribution in [2.75, 3.05) is 0 Å². The molecule has 0 fully saturated rings. The maximum absolute atomic E-state index is 11.3. The third-order valence-corrected chi connectivity index (χ3v) is 3.22. The highest BCUT2D eigenvalue weighted by Crippen LogP contribution is 2.29. The molecule has 6 heteroatoms. The minimum absolute atomic E-state index is 0.0307. The van der Waals surface area contributed by atoms with Crippen molar-refractivity contribution in [3.8, 4) is 5.69 Å². The number of rotatable bonds is 2. The van der Waals surface area contributed by atoms with E-state index in [1.807, 2.05) is 33.8 Å². The number of aromatic nitrogens is 3. The molecule has 1 aromatic heterocycles. The Morgan fingerprint density at radius 3 is 2.55 bits per heavy atom. The molecule has 2 rings (SSSR count). The van der Waals surface area contributed by atoms with Crippen LogP contribution in [0.5, 0.6) is 0 Å². The standard InChI is InChI=1S/C14H16ClN3O2/c1-8-5-6-9(15)7-10(8)18-12(14(2,3)4)11(13(19)20)16-17-18/h5-7H,1-4H3,(H,19,20). The second-order valence-corrected chi connectivity index (χ2v) is 6.12. The van der Waals surface area contributed by atoms with Gasteiger partial charge >= 0.3 is 5.97 Å². The highest BCUT2D eigenvalue weighted by atomic mass is 35.5.